The molecule has 0 fully saturated rings. The number of rotatable bonds is 14. The average Bonchev–Trinajstić information content (AvgIpc) is 2.61. The first-order valence-electron chi connectivity index (χ1n) is 10.9. The summed E-state index contributed by atoms with van der Waals surface area (Å²) in [5.41, 5.74) is 1.53. The van der Waals surface area contributed by atoms with Crippen molar-refractivity contribution < 1.29 is 19.8 Å². The molecule has 28 heavy (non-hydrogen) atoms. The topological polar surface area (TPSA) is 74.6 Å². The summed E-state index contributed by atoms with van der Waals surface area (Å²) >= 11 is 0. The van der Waals surface area contributed by atoms with Gasteiger partial charge in [-0.3, -0.25) is 0 Å². The molecule has 0 spiro atoms. The number of carboxylic acids is 2. The van der Waals surface area contributed by atoms with Crippen molar-refractivity contribution in [2.75, 3.05) is 0 Å². The number of carbonyl (C=O) groups is 2. The van der Waals surface area contributed by atoms with Crippen molar-refractivity contribution >= 4 is 11.9 Å². The number of aromatic carboxylic acids is 2. The zero-order chi connectivity index (χ0) is 21.1. The molecular weight excluding hydrogens is 352 g/mol. The van der Waals surface area contributed by atoms with Crippen molar-refractivity contribution in [1.29, 1.82) is 0 Å². The van der Waals surface area contributed by atoms with Crippen LogP contribution < -0.4 is 0 Å². The van der Waals surface area contributed by atoms with Crippen LogP contribution in [-0.2, 0) is 6.42 Å². The molecule has 0 aliphatic heterocycles. The second-order valence-corrected chi connectivity index (χ2v) is 8.58. The van der Waals surface area contributed by atoms with Gasteiger partial charge in [0.25, 0.3) is 0 Å². The van der Waals surface area contributed by atoms with E-state index in [0.29, 0.717) is 12.0 Å². The van der Waals surface area contributed by atoms with Crippen molar-refractivity contribution in [1.82, 2.24) is 0 Å². The molecule has 0 radical (unpaired) electrons. The molecule has 2 N–H and O–H groups in total. The van der Waals surface area contributed by atoms with Crippen LogP contribution in [0.15, 0.2) is 12.1 Å². The summed E-state index contributed by atoms with van der Waals surface area (Å²) in [5, 5.41) is 19.0. The van der Waals surface area contributed by atoms with Gasteiger partial charge < -0.3 is 10.2 Å². The molecule has 0 atom stereocenters. The number of hydrogen-bond acceptors (Lipinski definition) is 2. The first-order chi connectivity index (χ1) is 13.3. The minimum atomic E-state index is -1.17. The summed E-state index contributed by atoms with van der Waals surface area (Å²) in [6, 6.07) is 3.22. The Balaban J connectivity index is 2.56. The molecule has 4 nitrogen and oxygen atoms in total. The first kappa shape index (κ1) is 24.2. The number of hydrogen-bond donors (Lipinski definition) is 2. The number of benzene rings is 1. The van der Waals surface area contributed by atoms with Gasteiger partial charge in [-0.1, -0.05) is 85.1 Å². The second-order valence-electron chi connectivity index (χ2n) is 8.58. The number of carboxylic acid groups (broad SMARTS) is 2. The summed E-state index contributed by atoms with van der Waals surface area (Å²) in [4.78, 5) is 23.2. The van der Waals surface area contributed by atoms with Crippen LogP contribution in [0.2, 0.25) is 0 Å². The van der Waals surface area contributed by atoms with Gasteiger partial charge >= 0.3 is 11.9 Å². The smallest absolute Gasteiger partial charge is 0.336 e. The Labute approximate surface area is 170 Å². The summed E-state index contributed by atoms with van der Waals surface area (Å²) in [5.74, 6) is -1.35. The second kappa shape index (κ2) is 12.6. The molecule has 0 saturated carbocycles. The Bertz CT molecular complexity index is 632. The van der Waals surface area contributed by atoms with E-state index >= 15 is 0 Å². The molecule has 1 aromatic carbocycles. The van der Waals surface area contributed by atoms with Crippen molar-refractivity contribution in [2.45, 2.75) is 97.8 Å². The Morgan fingerprint density at radius 3 is 1.79 bits per heavy atom. The summed E-state index contributed by atoms with van der Waals surface area (Å²) < 4.78 is 0. The lowest BCUT2D eigenvalue weighted by molar-refractivity contribution is 0.0650. The van der Waals surface area contributed by atoms with Crippen LogP contribution >= 0.6 is 0 Å². The van der Waals surface area contributed by atoms with Gasteiger partial charge in [-0.05, 0) is 41.9 Å². The lowest BCUT2D eigenvalue weighted by Crippen LogP contribution is -2.14. The predicted molar refractivity (Wildman–Crippen MR) is 115 cm³/mol. The quantitative estimate of drug-likeness (QED) is 0.338. The molecule has 0 heterocycles. The Morgan fingerprint density at radius 2 is 1.32 bits per heavy atom. The number of unbranched alkanes of at least 4 members (excludes halogenated alkanes) is 7. The molecule has 0 aliphatic rings. The largest absolute Gasteiger partial charge is 0.478 e. The summed E-state index contributed by atoms with van der Waals surface area (Å²) in [7, 11) is 0. The van der Waals surface area contributed by atoms with E-state index in [-0.39, 0.29) is 17.0 Å². The van der Waals surface area contributed by atoms with E-state index in [1.807, 2.05) is 13.8 Å². The first-order valence-corrected chi connectivity index (χ1v) is 10.9. The van der Waals surface area contributed by atoms with E-state index < -0.39 is 11.9 Å². The highest BCUT2D eigenvalue weighted by Crippen LogP contribution is 2.28. The van der Waals surface area contributed by atoms with Gasteiger partial charge in [0, 0.05) is 0 Å². The molecule has 0 aliphatic carbocycles. The van der Waals surface area contributed by atoms with Gasteiger partial charge in [0.2, 0.25) is 0 Å². The molecule has 158 valence electrons. The van der Waals surface area contributed by atoms with Gasteiger partial charge in [0.1, 0.15) is 0 Å². The highest BCUT2D eigenvalue weighted by Gasteiger charge is 2.23. The third kappa shape index (κ3) is 8.04. The summed E-state index contributed by atoms with van der Waals surface area (Å²) in [6.07, 6.45) is 11.5. The Kier molecular flexibility index (Phi) is 10.9. The normalized spacial score (nSPS) is 11.4. The Morgan fingerprint density at radius 1 is 0.786 bits per heavy atom. The van der Waals surface area contributed by atoms with E-state index in [2.05, 4.69) is 13.8 Å². The fourth-order valence-electron chi connectivity index (χ4n) is 3.81. The highest BCUT2D eigenvalue weighted by molar-refractivity contribution is 6.03. The van der Waals surface area contributed by atoms with Crippen LogP contribution in [0.25, 0.3) is 0 Å². The van der Waals surface area contributed by atoms with E-state index in [4.69, 9.17) is 0 Å². The molecule has 0 amide bonds. The minimum absolute atomic E-state index is 0.0242. The van der Waals surface area contributed by atoms with Crippen molar-refractivity contribution in [3.63, 3.8) is 0 Å². The molecule has 1 aromatic rings. The van der Waals surface area contributed by atoms with Gasteiger partial charge in [0.05, 0.1) is 11.1 Å². The fraction of sp³-hybridized carbons (Fsp3) is 0.667. The van der Waals surface area contributed by atoms with Crippen molar-refractivity contribution in [2.24, 2.45) is 5.92 Å². The van der Waals surface area contributed by atoms with Crippen LogP contribution in [0.3, 0.4) is 0 Å². The van der Waals surface area contributed by atoms with Crippen LogP contribution in [0.1, 0.15) is 123 Å². The summed E-state index contributed by atoms with van der Waals surface area (Å²) in [6.45, 7) is 8.58. The molecule has 1 rings (SSSR count). The third-order valence-corrected chi connectivity index (χ3v) is 5.37. The standard InChI is InChI=1S/C24H38O4/c1-17(2)13-11-9-7-5-6-8-10-12-14-20-19(18(3)4)15-16-21(23(25)26)22(20)24(27)28/h15-18H,5-14H2,1-4H3,(H,25,26)(H,27,28). The van der Waals surface area contributed by atoms with Gasteiger partial charge in [0.15, 0.2) is 0 Å². The molecule has 0 unspecified atom stereocenters. The molecule has 0 bridgehead atoms. The maximum absolute atomic E-state index is 11.8. The van der Waals surface area contributed by atoms with E-state index in [0.717, 1.165) is 30.7 Å². The highest BCUT2D eigenvalue weighted by atomic mass is 16.4. The molecular formula is C24H38O4. The van der Waals surface area contributed by atoms with Crippen LogP contribution in [0, 0.1) is 5.92 Å². The zero-order valence-corrected chi connectivity index (χ0v) is 18.1. The third-order valence-electron chi connectivity index (χ3n) is 5.37. The SMILES string of the molecule is CC(C)CCCCCCCCCCc1c(C(C)C)ccc(C(=O)O)c1C(=O)O. The molecule has 0 aromatic heterocycles. The maximum atomic E-state index is 11.8. The van der Waals surface area contributed by atoms with Gasteiger partial charge in [-0.25, -0.2) is 9.59 Å². The van der Waals surface area contributed by atoms with E-state index in [1.54, 1.807) is 6.07 Å². The van der Waals surface area contributed by atoms with Gasteiger partial charge in [-0.15, -0.1) is 0 Å². The van der Waals surface area contributed by atoms with E-state index in [1.165, 1.54) is 44.6 Å². The zero-order valence-electron chi connectivity index (χ0n) is 18.1. The maximum Gasteiger partial charge on any atom is 0.336 e. The predicted octanol–water partition coefficient (Wildman–Crippen LogP) is 6.92. The monoisotopic (exact) mass is 390 g/mol. The van der Waals surface area contributed by atoms with Crippen LogP contribution in [0.4, 0.5) is 0 Å². The van der Waals surface area contributed by atoms with Crippen molar-refractivity contribution in [3.05, 3.63) is 34.4 Å². The van der Waals surface area contributed by atoms with Crippen molar-refractivity contribution in [3.8, 4) is 0 Å². The van der Waals surface area contributed by atoms with E-state index in [9.17, 15) is 19.8 Å². The molecule has 4 heteroatoms. The van der Waals surface area contributed by atoms with Crippen LogP contribution in [-0.4, -0.2) is 22.2 Å². The average molecular weight is 391 g/mol. The Hall–Kier alpha value is -1.84. The lowest BCUT2D eigenvalue weighted by Gasteiger charge is -2.17. The van der Waals surface area contributed by atoms with Crippen LogP contribution in [0.5, 0.6) is 0 Å². The van der Waals surface area contributed by atoms with Gasteiger partial charge in [-0.2, -0.15) is 0 Å². The fourth-order valence-corrected chi connectivity index (χ4v) is 3.81. The molecule has 0 saturated heterocycles. The lowest BCUT2D eigenvalue weighted by atomic mass is 9.87. The minimum Gasteiger partial charge on any atom is -0.478 e.